The van der Waals surface area contributed by atoms with Crippen molar-refractivity contribution < 1.29 is 9.90 Å². The summed E-state index contributed by atoms with van der Waals surface area (Å²) in [4.78, 5) is 11.0. The third-order valence-electron chi connectivity index (χ3n) is 2.53. The summed E-state index contributed by atoms with van der Waals surface area (Å²) in [6.07, 6.45) is 0. The zero-order valence-electron chi connectivity index (χ0n) is 9.15. The van der Waals surface area contributed by atoms with Gasteiger partial charge in [-0.25, -0.2) is 4.79 Å². The molecule has 0 saturated heterocycles. The molecule has 5 heteroatoms. The van der Waals surface area contributed by atoms with Gasteiger partial charge in [0.05, 0.1) is 10.6 Å². The fourth-order valence-electron chi connectivity index (χ4n) is 1.68. The summed E-state index contributed by atoms with van der Waals surface area (Å²) in [6, 6.07) is 9.77. The van der Waals surface area contributed by atoms with Crippen LogP contribution in [0.1, 0.15) is 10.4 Å². The summed E-state index contributed by atoms with van der Waals surface area (Å²) in [5.41, 5.74) is 7.59. The van der Waals surface area contributed by atoms with Crippen molar-refractivity contribution in [1.29, 1.82) is 0 Å². The van der Waals surface area contributed by atoms with E-state index in [0.29, 0.717) is 21.8 Å². The standard InChI is InChI=1S/C13H9Cl2NO2/c14-7-4-5-8(11(16)6-7)9-2-1-3-10(12(9)15)13(17)18/h1-6H,16H2,(H,17,18). The summed E-state index contributed by atoms with van der Waals surface area (Å²) in [5.74, 6) is -1.07. The van der Waals surface area contributed by atoms with Gasteiger partial charge >= 0.3 is 5.97 Å². The van der Waals surface area contributed by atoms with Crippen LogP contribution in [0.4, 0.5) is 5.69 Å². The van der Waals surface area contributed by atoms with Crippen molar-refractivity contribution in [2.45, 2.75) is 0 Å². The van der Waals surface area contributed by atoms with Crippen molar-refractivity contribution in [3.05, 3.63) is 52.0 Å². The molecule has 18 heavy (non-hydrogen) atoms. The predicted molar refractivity (Wildman–Crippen MR) is 73.3 cm³/mol. The number of carbonyl (C=O) groups is 1. The molecule has 2 aromatic carbocycles. The highest BCUT2D eigenvalue weighted by Gasteiger charge is 2.14. The molecule has 0 spiro atoms. The topological polar surface area (TPSA) is 63.3 Å². The molecule has 0 fully saturated rings. The minimum Gasteiger partial charge on any atom is -0.478 e. The largest absolute Gasteiger partial charge is 0.478 e. The number of anilines is 1. The Hall–Kier alpha value is -1.71. The van der Waals surface area contributed by atoms with Crippen molar-refractivity contribution >= 4 is 34.9 Å². The van der Waals surface area contributed by atoms with Crippen LogP contribution in [-0.4, -0.2) is 11.1 Å². The van der Waals surface area contributed by atoms with Crippen LogP contribution in [0.5, 0.6) is 0 Å². The van der Waals surface area contributed by atoms with E-state index in [1.54, 1.807) is 30.3 Å². The Morgan fingerprint density at radius 3 is 2.44 bits per heavy atom. The second kappa shape index (κ2) is 4.88. The molecule has 0 aromatic heterocycles. The van der Waals surface area contributed by atoms with Gasteiger partial charge < -0.3 is 10.8 Å². The van der Waals surface area contributed by atoms with Crippen molar-refractivity contribution in [1.82, 2.24) is 0 Å². The predicted octanol–water partition coefficient (Wildman–Crippen LogP) is 3.94. The number of nitrogens with two attached hydrogens (primary N) is 1. The van der Waals surface area contributed by atoms with Gasteiger partial charge in [0.2, 0.25) is 0 Å². The fraction of sp³-hybridized carbons (Fsp3) is 0. The summed E-state index contributed by atoms with van der Waals surface area (Å²) < 4.78 is 0. The Bertz CT molecular complexity index is 626. The molecular weight excluding hydrogens is 273 g/mol. The highest BCUT2D eigenvalue weighted by Crippen LogP contribution is 2.35. The maximum absolute atomic E-state index is 11.0. The first-order valence-electron chi connectivity index (χ1n) is 5.08. The second-order valence-electron chi connectivity index (χ2n) is 3.70. The van der Waals surface area contributed by atoms with E-state index >= 15 is 0 Å². The smallest absolute Gasteiger partial charge is 0.337 e. The van der Waals surface area contributed by atoms with Gasteiger partial charge in [-0.2, -0.15) is 0 Å². The molecule has 0 aliphatic rings. The molecule has 0 saturated carbocycles. The number of carboxylic acid groups (broad SMARTS) is 1. The van der Waals surface area contributed by atoms with Gasteiger partial charge in [0.1, 0.15) is 0 Å². The first-order valence-corrected chi connectivity index (χ1v) is 5.83. The van der Waals surface area contributed by atoms with Crippen LogP contribution >= 0.6 is 23.2 Å². The molecular formula is C13H9Cl2NO2. The third-order valence-corrected chi connectivity index (χ3v) is 3.18. The van der Waals surface area contributed by atoms with E-state index in [0.717, 1.165) is 0 Å². The van der Waals surface area contributed by atoms with Crippen LogP contribution in [-0.2, 0) is 0 Å². The van der Waals surface area contributed by atoms with Gasteiger partial charge in [0.15, 0.2) is 0 Å². The van der Waals surface area contributed by atoms with Crippen LogP contribution in [0.2, 0.25) is 10.0 Å². The Morgan fingerprint density at radius 1 is 1.11 bits per heavy atom. The minimum absolute atomic E-state index is 0.0449. The molecule has 0 atom stereocenters. The zero-order valence-corrected chi connectivity index (χ0v) is 10.7. The van der Waals surface area contributed by atoms with Gasteiger partial charge in [0, 0.05) is 21.8 Å². The number of rotatable bonds is 2. The molecule has 3 N–H and O–H groups in total. The lowest BCUT2D eigenvalue weighted by Crippen LogP contribution is -1.99. The maximum Gasteiger partial charge on any atom is 0.337 e. The number of halogens is 2. The Labute approximate surface area is 114 Å². The summed E-state index contributed by atoms with van der Waals surface area (Å²) >= 11 is 11.9. The monoisotopic (exact) mass is 281 g/mol. The normalized spacial score (nSPS) is 10.3. The lowest BCUT2D eigenvalue weighted by molar-refractivity contribution is 0.0697. The molecule has 0 amide bonds. The molecule has 0 unspecified atom stereocenters. The third kappa shape index (κ3) is 2.28. The molecule has 0 heterocycles. The van der Waals surface area contributed by atoms with Crippen LogP contribution < -0.4 is 5.73 Å². The molecule has 3 nitrogen and oxygen atoms in total. The van der Waals surface area contributed by atoms with Gasteiger partial charge in [-0.05, 0) is 18.2 Å². The summed E-state index contributed by atoms with van der Waals surface area (Å²) in [6.45, 7) is 0. The maximum atomic E-state index is 11.0. The van der Waals surface area contributed by atoms with Gasteiger partial charge in [-0.1, -0.05) is 41.4 Å². The van der Waals surface area contributed by atoms with Crippen molar-refractivity contribution in [2.24, 2.45) is 0 Å². The first kappa shape index (κ1) is 12.7. The number of carboxylic acids is 1. The van der Waals surface area contributed by atoms with E-state index in [1.165, 1.54) is 6.07 Å². The molecule has 0 aliphatic carbocycles. The van der Waals surface area contributed by atoms with E-state index < -0.39 is 5.97 Å². The highest BCUT2D eigenvalue weighted by molar-refractivity contribution is 6.36. The lowest BCUT2D eigenvalue weighted by Gasteiger charge is -2.10. The quantitative estimate of drug-likeness (QED) is 0.820. The van der Waals surface area contributed by atoms with Crippen molar-refractivity contribution in [2.75, 3.05) is 5.73 Å². The van der Waals surface area contributed by atoms with Crippen molar-refractivity contribution in [3.63, 3.8) is 0 Å². The van der Waals surface area contributed by atoms with E-state index in [2.05, 4.69) is 0 Å². The van der Waals surface area contributed by atoms with Gasteiger partial charge in [0.25, 0.3) is 0 Å². The summed E-state index contributed by atoms with van der Waals surface area (Å²) in [5, 5.41) is 9.69. The fourth-order valence-corrected chi connectivity index (χ4v) is 2.17. The molecule has 92 valence electrons. The number of nitrogen functional groups attached to an aromatic ring is 1. The van der Waals surface area contributed by atoms with Crippen LogP contribution in [0.25, 0.3) is 11.1 Å². The van der Waals surface area contributed by atoms with E-state index in [4.69, 9.17) is 34.0 Å². The number of benzene rings is 2. The molecule has 2 aromatic rings. The van der Waals surface area contributed by atoms with Crippen LogP contribution in [0.15, 0.2) is 36.4 Å². The van der Waals surface area contributed by atoms with Crippen molar-refractivity contribution in [3.8, 4) is 11.1 Å². The van der Waals surface area contributed by atoms with Crippen LogP contribution in [0.3, 0.4) is 0 Å². The average molecular weight is 282 g/mol. The Morgan fingerprint density at radius 2 is 1.83 bits per heavy atom. The molecule has 0 bridgehead atoms. The van der Waals surface area contributed by atoms with E-state index in [9.17, 15) is 4.79 Å². The number of hydrogen-bond donors (Lipinski definition) is 2. The van der Waals surface area contributed by atoms with Crippen LogP contribution in [0, 0.1) is 0 Å². The average Bonchev–Trinajstić information content (AvgIpc) is 2.30. The molecule has 0 radical (unpaired) electrons. The van der Waals surface area contributed by atoms with E-state index in [-0.39, 0.29) is 10.6 Å². The van der Waals surface area contributed by atoms with Gasteiger partial charge in [-0.15, -0.1) is 0 Å². The minimum atomic E-state index is -1.07. The van der Waals surface area contributed by atoms with E-state index in [1.807, 2.05) is 0 Å². The summed E-state index contributed by atoms with van der Waals surface area (Å²) in [7, 11) is 0. The first-order chi connectivity index (χ1) is 8.50. The second-order valence-corrected chi connectivity index (χ2v) is 4.52. The number of aromatic carboxylic acids is 1. The Balaban J connectivity index is 2.64. The van der Waals surface area contributed by atoms with Gasteiger partial charge in [-0.3, -0.25) is 0 Å². The SMILES string of the molecule is Nc1cc(Cl)ccc1-c1cccc(C(=O)O)c1Cl. The number of hydrogen-bond acceptors (Lipinski definition) is 2. The Kier molecular flexibility index (Phi) is 3.45. The molecule has 2 rings (SSSR count). The zero-order chi connectivity index (χ0) is 13.3. The highest BCUT2D eigenvalue weighted by atomic mass is 35.5. The molecule has 0 aliphatic heterocycles. The lowest BCUT2D eigenvalue weighted by atomic mass is 10.0.